The molecular formula is C28H44O3. The smallest absolute Gasteiger partial charge is 0.183 e. The van der Waals surface area contributed by atoms with Gasteiger partial charge in [0.1, 0.15) is 12.4 Å². The first-order valence-corrected chi connectivity index (χ1v) is 12.9. The van der Waals surface area contributed by atoms with Gasteiger partial charge in [0.05, 0.1) is 13.2 Å². The van der Waals surface area contributed by atoms with E-state index in [4.69, 9.17) is 14.2 Å². The Morgan fingerprint density at radius 3 is 2.19 bits per heavy atom. The summed E-state index contributed by atoms with van der Waals surface area (Å²) < 4.78 is 17.8. The van der Waals surface area contributed by atoms with Crippen LogP contribution < -0.4 is 4.74 Å². The van der Waals surface area contributed by atoms with Gasteiger partial charge in [0.15, 0.2) is 6.29 Å². The van der Waals surface area contributed by atoms with Gasteiger partial charge in [-0.05, 0) is 56.1 Å². The van der Waals surface area contributed by atoms with Crippen molar-refractivity contribution < 1.29 is 14.2 Å². The molecule has 1 aromatic rings. The largest absolute Gasteiger partial charge is 0.490 e. The van der Waals surface area contributed by atoms with Crippen molar-refractivity contribution in [3.05, 3.63) is 42.0 Å². The van der Waals surface area contributed by atoms with Crippen LogP contribution in [0.25, 0.3) is 0 Å². The van der Waals surface area contributed by atoms with E-state index in [1.165, 1.54) is 70.6 Å². The minimum Gasteiger partial charge on any atom is -0.490 e. The lowest BCUT2D eigenvalue weighted by Gasteiger charge is -2.29. The Kier molecular flexibility index (Phi) is 11.0. The molecule has 1 aliphatic carbocycles. The fourth-order valence-electron chi connectivity index (χ4n) is 4.86. The summed E-state index contributed by atoms with van der Waals surface area (Å²) in [6, 6.07) is 8.19. The molecule has 1 aromatic carbocycles. The van der Waals surface area contributed by atoms with Crippen LogP contribution in [0.15, 0.2) is 36.4 Å². The van der Waals surface area contributed by atoms with Crippen LogP contribution in [0.4, 0.5) is 0 Å². The number of hydrogen-bond donors (Lipinski definition) is 0. The Balaban J connectivity index is 1.31. The minimum atomic E-state index is -0.232. The zero-order chi connectivity index (χ0) is 21.7. The molecule has 0 atom stereocenters. The second-order valence-electron chi connectivity index (χ2n) is 9.59. The standard InChI is InChI=1S/C28H44O3/c1-3-5-7-10-23-12-14-24(15-13-23)11-8-20-29-27-18-16-26(17-19-27)28-30-21-25(22-31-28)9-6-4-2/h8,11,16-19,23-25,28H,3-7,9-10,12-15,20-22H2,1-2H3/b11-8+/t23-,24-,25-,28-. The third-order valence-electron chi connectivity index (χ3n) is 6.95. The maximum absolute atomic E-state index is 5.94. The molecule has 2 fully saturated rings. The summed E-state index contributed by atoms with van der Waals surface area (Å²) in [5.41, 5.74) is 1.08. The molecule has 1 aliphatic heterocycles. The fourth-order valence-corrected chi connectivity index (χ4v) is 4.86. The molecule has 0 unspecified atom stereocenters. The number of benzene rings is 1. The van der Waals surface area contributed by atoms with E-state index >= 15 is 0 Å². The van der Waals surface area contributed by atoms with Gasteiger partial charge in [0.2, 0.25) is 0 Å². The first-order chi connectivity index (χ1) is 15.3. The molecule has 0 aromatic heterocycles. The highest BCUT2D eigenvalue weighted by molar-refractivity contribution is 5.28. The number of rotatable bonds is 12. The summed E-state index contributed by atoms with van der Waals surface area (Å²) in [6.45, 7) is 6.77. The summed E-state index contributed by atoms with van der Waals surface area (Å²) in [5.74, 6) is 3.17. The predicted molar refractivity (Wildman–Crippen MR) is 128 cm³/mol. The Morgan fingerprint density at radius 2 is 1.52 bits per heavy atom. The Labute approximate surface area is 190 Å². The number of hydrogen-bond acceptors (Lipinski definition) is 3. The van der Waals surface area contributed by atoms with Crippen molar-refractivity contribution in [3.63, 3.8) is 0 Å². The average molecular weight is 429 g/mol. The molecule has 0 spiro atoms. The lowest BCUT2D eigenvalue weighted by Crippen LogP contribution is -2.27. The topological polar surface area (TPSA) is 27.7 Å². The van der Waals surface area contributed by atoms with Crippen molar-refractivity contribution in [2.75, 3.05) is 19.8 Å². The number of unbranched alkanes of at least 4 members (excludes halogenated alkanes) is 3. The molecule has 3 rings (SSSR count). The van der Waals surface area contributed by atoms with Gasteiger partial charge in [-0.2, -0.15) is 0 Å². The normalized spacial score (nSPS) is 26.9. The molecule has 1 saturated carbocycles. The molecule has 31 heavy (non-hydrogen) atoms. The molecule has 0 amide bonds. The van der Waals surface area contributed by atoms with E-state index in [9.17, 15) is 0 Å². The van der Waals surface area contributed by atoms with E-state index in [2.05, 4.69) is 38.1 Å². The second kappa shape index (κ2) is 14.0. The fraction of sp³-hybridized carbons (Fsp3) is 0.714. The molecule has 0 radical (unpaired) electrons. The van der Waals surface area contributed by atoms with Crippen LogP contribution in [-0.4, -0.2) is 19.8 Å². The van der Waals surface area contributed by atoms with Crippen molar-refractivity contribution in [2.24, 2.45) is 17.8 Å². The highest BCUT2D eigenvalue weighted by Crippen LogP contribution is 2.33. The SMILES string of the molecule is CCCCC[C@H]1CC[C@H](/C=C/COc2ccc([C@H]3OC[C@H](CCCC)CO3)cc2)CC1. The minimum absolute atomic E-state index is 0.232. The zero-order valence-corrected chi connectivity index (χ0v) is 19.9. The Bertz CT molecular complexity index is 608. The van der Waals surface area contributed by atoms with Crippen molar-refractivity contribution in [1.29, 1.82) is 0 Å². The molecular weight excluding hydrogens is 384 g/mol. The van der Waals surface area contributed by atoms with Crippen LogP contribution in [0.1, 0.15) is 96.3 Å². The van der Waals surface area contributed by atoms with Crippen LogP contribution in [0.3, 0.4) is 0 Å². The van der Waals surface area contributed by atoms with Crippen molar-refractivity contribution in [1.82, 2.24) is 0 Å². The van der Waals surface area contributed by atoms with Crippen LogP contribution in [0.2, 0.25) is 0 Å². The highest BCUT2D eigenvalue weighted by atomic mass is 16.7. The quantitative estimate of drug-likeness (QED) is 0.250. The van der Waals surface area contributed by atoms with E-state index in [0.29, 0.717) is 12.5 Å². The highest BCUT2D eigenvalue weighted by Gasteiger charge is 2.23. The average Bonchev–Trinajstić information content (AvgIpc) is 2.82. The van der Waals surface area contributed by atoms with Gasteiger partial charge >= 0.3 is 0 Å². The summed E-state index contributed by atoms with van der Waals surface area (Å²) in [7, 11) is 0. The monoisotopic (exact) mass is 428 g/mol. The molecule has 0 N–H and O–H groups in total. The van der Waals surface area contributed by atoms with Gasteiger partial charge in [-0.3, -0.25) is 0 Å². The Morgan fingerprint density at radius 1 is 0.839 bits per heavy atom. The van der Waals surface area contributed by atoms with Gasteiger partial charge in [-0.1, -0.05) is 76.7 Å². The van der Waals surface area contributed by atoms with Gasteiger partial charge in [0, 0.05) is 11.5 Å². The third kappa shape index (κ3) is 8.61. The lowest BCUT2D eigenvalue weighted by atomic mass is 9.79. The van der Waals surface area contributed by atoms with Gasteiger partial charge in [0.25, 0.3) is 0 Å². The second-order valence-corrected chi connectivity index (χ2v) is 9.59. The zero-order valence-electron chi connectivity index (χ0n) is 19.9. The van der Waals surface area contributed by atoms with E-state index in [-0.39, 0.29) is 6.29 Å². The van der Waals surface area contributed by atoms with Crippen LogP contribution in [0, 0.1) is 17.8 Å². The van der Waals surface area contributed by atoms with Crippen LogP contribution >= 0.6 is 0 Å². The number of ether oxygens (including phenoxy) is 3. The first kappa shape index (κ1) is 24.3. The lowest BCUT2D eigenvalue weighted by molar-refractivity contribution is -0.206. The molecule has 174 valence electrons. The van der Waals surface area contributed by atoms with E-state index in [0.717, 1.165) is 36.4 Å². The third-order valence-corrected chi connectivity index (χ3v) is 6.95. The van der Waals surface area contributed by atoms with Crippen molar-refractivity contribution >= 4 is 0 Å². The molecule has 0 bridgehead atoms. The van der Waals surface area contributed by atoms with Crippen LogP contribution in [0.5, 0.6) is 5.75 Å². The molecule has 2 aliphatic rings. The molecule has 3 nitrogen and oxygen atoms in total. The van der Waals surface area contributed by atoms with Gasteiger partial charge < -0.3 is 14.2 Å². The Hall–Kier alpha value is -1.32. The summed E-state index contributed by atoms with van der Waals surface area (Å²) in [6.07, 6.45) is 19.2. The molecule has 1 saturated heterocycles. The summed E-state index contributed by atoms with van der Waals surface area (Å²) >= 11 is 0. The molecule has 3 heteroatoms. The maximum Gasteiger partial charge on any atom is 0.183 e. The predicted octanol–water partition coefficient (Wildman–Crippen LogP) is 7.86. The number of allylic oxidation sites excluding steroid dienone is 1. The summed E-state index contributed by atoms with van der Waals surface area (Å²) in [5, 5.41) is 0. The van der Waals surface area contributed by atoms with E-state index < -0.39 is 0 Å². The van der Waals surface area contributed by atoms with Gasteiger partial charge in [-0.15, -0.1) is 0 Å². The maximum atomic E-state index is 5.94. The first-order valence-electron chi connectivity index (χ1n) is 12.9. The summed E-state index contributed by atoms with van der Waals surface area (Å²) in [4.78, 5) is 0. The van der Waals surface area contributed by atoms with Crippen molar-refractivity contribution in [3.8, 4) is 5.75 Å². The molecule has 1 heterocycles. The van der Waals surface area contributed by atoms with Crippen LogP contribution in [-0.2, 0) is 9.47 Å². The van der Waals surface area contributed by atoms with E-state index in [1.807, 2.05) is 12.1 Å². The van der Waals surface area contributed by atoms with E-state index in [1.54, 1.807) is 0 Å². The van der Waals surface area contributed by atoms with Crippen molar-refractivity contribution in [2.45, 2.75) is 90.8 Å². The van der Waals surface area contributed by atoms with Gasteiger partial charge in [-0.25, -0.2) is 0 Å².